The van der Waals surface area contributed by atoms with E-state index in [9.17, 15) is 0 Å². The summed E-state index contributed by atoms with van der Waals surface area (Å²) in [5.74, 6) is 0. The van der Waals surface area contributed by atoms with Crippen LogP contribution in [-0.4, -0.2) is 10.8 Å². The fourth-order valence-corrected chi connectivity index (χ4v) is 25.8. The summed E-state index contributed by atoms with van der Waals surface area (Å²) < 4.78 is 0. The third-order valence-corrected chi connectivity index (χ3v) is 27.4. The summed E-state index contributed by atoms with van der Waals surface area (Å²) in [5.41, 5.74) is 0. The predicted molar refractivity (Wildman–Crippen MR) is 253 cm³/mol. The van der Waals surface area contributed by atoms with E-state index in [1.54, 1.807) is 0 Å². The van der Waals surface area contributed by atoms with E-state index >= 15 is 0 Å². The van der Waals surface area contributed by atoms with Gasteiger partial charge in [0.1, 0.15) is 0 Å². The fraction of sp³-hybridized carbons (Fsp3) is 0.0769. The molecule has 0 unspecified atom stereocenters. The van der Waals surface area contributed by atoms with Crippen LogP contribution in [0.2, 0.25) is 9.87 Å². The zero-order valence-electron chi connectivity index (χ0n) is 32.9. The summed E-state index contributed by atoms with van der Waals surface area (Å²) in [5, 5.41) is 12.9. The minimum absolute atomic E-state index is 0. The first-order valence-corrected chi connectivity index (χ1v) is 28.4. The molecule has 8 aromatic rings. The Morgan fingerprint density at radius 2 is 0.350 bits per heavy atom. The van der Waals surface area contributed by atoms with Crippen LogP contribution in [0.25, 0.3) is 0 Å². The van der Waals surface area contributed by atoms with E-state index in [0.717, 1.165) is 9.87 Å². The van der Waals surface area contributed by atoms with Crippen LogP contribution in [0, 0.1) is 0 Å². The molecule has 0 spiro atoms. The average Bonchev–Trinajstić information content (AvgIpc) is 3.31. The van der Waals surface area contributed by atoms with Crippen molar-refractivity contribution >= 4 is 74.1 Å². The molecule has 0 amide bonds. The Morgan fingerprint density at radius 3 is 0.450 bits per heavy atom. The van der Waals surface area contributed by atoms with E-state index in [0.29, 0.717) is 10.8 Å². The molecule has 0 N–H and O–H groups in total. The quantitative estimate of drug-likeness (QED) is 0.133. The Kier molecular flexibility index (Phi) is 21.0. The molecule has 0 fully saturated rings. The molecule has 8 aromatic carbocycles. The van der Waals surface area contributed by atoms with Gasteiger partial charge in [-0.2, -0.15) is 0 Å². The number of benzene rings is 8. The normalized spacial score (nSPS) is 10.9. The molecule has 0 atom stereocenters. The van der Waals surface area contributed by atoms with E-state index < -0.39 is 31.7 Å². The second-order valence-electron chi connectivity index (χ2n) is 13.4. The first kappa shape index (κ1) is 48.4. The van der Waals surface area contributed by atoms with Crippen LogP contribution < -0.4 is 67.3 Å². The van der Waals surface area contributed by atoms with Crippen molar-refractivity contribution in [3.8, 4) is 0 Å². The molecule has 0 aromatic heterocycles. The number of rotatable bonds is 14. The zero-order valence-corrected chi connectivity index (χ0v) is 42.8. The van der Waals surface area contributed by atoms with Crippen LogP contribution in [0.5, 0.6) is 0 Å². The van der Waals surface area contributed by atoms with Crippen molar-refractivity contribution in [1.82, 2.24) is 0 Å². The van der Waals surface area contributed by atoms with Gasteiger partial charge in [0.15, 0.2) is 0 Å². The van der Waals surface area contributed by atoms with E-state index in [1.807, 2.05) is 0 Å². The molecule has 0 saturated carbocycles. The molecular formula is C52H46Cl2Ir2P4. The minimum atomic E-state index is -0.472. The van der Waals surface area contributed by atoms with Crippen LogP contribution in [0.15, 0.2) is 243 Å². The molecule has 0 nitrogen and oxygen atoms in total. The summed E-state index contributed by atoms with van der Waals surface area (Å²) in [7, 11) is -1.89. The Hall–Kier alpha value is -2.64. The molecule has 0 bridgehead atoms. The maximum absolute atomic E-state index is 2.37. The molecule has 0 saturated heterocycles. The van der Waals surface area contributed by atoms with Gasteiger partial charge in [-0.1, -0.05) is 0 Å². The van der Waals surface area contributed by atoms with Gasteiger partial charge in [-0.3, -0.25) is 0 Å². The summed E-state index contributed by atoms with van der Waals surface area (Å²) >= 11 is 4.74. The molecule has 60 heavy (non-hydrogen) atoms. The van der Waals surface area contributed by atoms with Crippen LogP contribution in [0.4, 0.5) is 0 Å². The third kappa shape index (κ3) is 12.7. The van der Waals surface area contributed by atoms with Crippen molar-refractivity contribution in [2.45, 2.75) is 20.7 Å². The van der Waals surface area contributed by atoms with Crippen LogP contribution in [0.3, 0.4) is 0 Å². The van der Waals surface area contributed by atoms with Gasteiger partial charge in [0.25, 0.3) is 0 Å². The SMILES string of the molecule is [Cl-].[Cl-].[Ir+][CH2]C(P(c1ccccc1)c1ccccc1)P(c1ccccc1)c1ccccc1.[Ir+][CH2]C(P(c1ccccc1)c1ccccc1)P(c1ccccc1)c1ccccc1. The van der Waals surface area contributed by atoms with Crippen LogP contribution >= 0.6 is 31.7 Å². The summed E-state index contributed by atoms with van der Waals surface area (Å²) in [6, 6.07) is 89.2. The monoisotopic (exact) mass is 1250 g/mol. The van der Waals surface area contributed by atoms with E-state index in [4.69, 9.17) is 0 Å². The van der Waals surface area contributed by atoms with Gasteiger partial charge in [0.05, 0.1) is 0 Å². The first-order valence-electron chi connectivity index (χ1n) is 19.4. The van der Waals surface area contributed by atoms with Crippen molar-refractivity contribution in [2.75, 3.05) is 0 Å². The van der Waals surface area contributed by atoms with Gasteiger partial charge in [-0.05, 0) is 0 Å². The zero-order chi connectivity index (χ0) is 39.8. The summed E-state index contributed by atoms with van der Waals surface area (Å²) in [6.07, 6.45) is 0. The van der Waals surface area contributed by atoms with Gasteiger partial charge >= 0.3 is 375 Å². The van der Waals surface area contributed by atoms with Crippen molar-refractivity contribution in [3.05, 3.63) is 243 Å². The molecular weight excluding hydrogens is 1200 g/mol. The standard InChI is InChI=1S/2C26H23P2.2ClH.2Ir/c2*1-22(27(23-14-6-2-7-15-23)24-16-8-3-9-17-24)28(25-18-10-4-11-19-25)26-20-12-5-13-21-26;;;;/h2*2-22H,1H2;2*1H;;/q;;;;2*+1/p-2. The summed E-state index contributed by atoms with van der Waals surface area (Å²) in [4.78, 5) is 2.32. The van der Waals surface area contributed by atoms with Gasteiger partial charge in [-0.25, -0.2) is 0 Å². The molecule has 0 heterocycles. The molecule has 8 rings (SSSR count). The van der Waals surface area contributed by atoms with E-state index in [2.05, 4.69) is 280 Å². The van der Waals surface area contributed by atoms with Crippen molar-refractivity contribution in [3.63, 3.8) is 0 Å². The molecule has 306 valence electrons. The Morgan fingerprint density at radius 1 is 0.233 bits per heavy atom. The second kappa shape index (κ2) is 26.1. The van der Waals surface area contributed by atoms with E-state index in [-0.39, 0.29) is 24.8 Å². The second-order valence-corrected chi connectivity index (χ2v) is 25.8. The van der Waals surface area contributed by atoms with Crippen LogP contribution in [-0.2, 0) is 37.8 Å². The van der Waals surface area contributed by atoms with Crippen molar-refractivity contribution < 1.29 is 62.6 Å². The third-order valence-electron chi connectivity index (χ3n) is 9.71. The van der Waals surface area contributed by atoms with Gasteiger partial charge in [0, 0.05) is 0 Å². The summed E-state index contributed by atoms with van der Waals surface area (Å²) in [6.45, 7) is 0. The molecule has 0 aliphatic rings. The van der Waals surface area contributed by atoms with Gasteiger partial charge < -0.3 is 24.8 Å². The van der Waals surface area contributed by atoms with Gasteiger partial charge in [0.2, 0.25) is 0 Å². The number of hydrogen-bond acceptors (Lipinski definition) is 0. The Bertz CT molecular complexity index is 1840. The van der Waals surface area contributed by atoms with Crippen molar-refractivity contribution in [2.24, 2.45) is 0 Å². The predicted octanol–water partition coefficient (Wildman–Crippen LogP) is 5.09. The maximum atomic E-state index is 2.37. The fourth-order valence-electron chi connectivity index (χ4n) is 7.16. The van der Waals surface area contributed by atoms with E-state index in [1.165, 1.54) is 42.4 Å². The molecule has 0 aliphatic heterocycles. The van der Waals surface area contributed by atoms with Gasteiger partial charge in [-0.15, -0.1) is 0 Å². The molecule has 0 radical (unpaired) electrons. The molecule has 0 aliphatic carbocycles. The van der Waals surface area contributed by atoms with Crippen LogP contribution in [0.1, 0.15) is 0 Å². The average molecular weight is 1250 g/mol. The Labute approximate surface area is 396 Å². The Balaban J connectivity index is 0.000000220. The number of halogens is 2. The first-order chi connectivity index (χ1) is 28.8. The molecule has 8 heteroatoms. The topological polar surface area (TPSA) is 0 Å². The number of hydrogen-bond donors (Lipinski definition) is 0. The van der Waals surface area contributed by atoms with Crippen molar-refractivity contribution in [1.29, 1.82) is 0 Å².